The van der Waals surface area contributed by atoms with Crippen molar-refractivity contribution in [2.45, 2.75) is 64.3 Å². The van der Waals surface area contributed by atoms with E-state index in [-0.39, 0.29) is 10.4 Å². The molecule has 2 aromatic rings. The second-order valence-electron chi connectivity index (χ2n) is 8.69. The van der Waals surface area contributed by atoms with Gasteiger partial charge in [0, 0.05) is 11.8 Å². The highest BCUT2D eigenvalue weighted by molar-refractivity contribution is 7.71. The van der Waals surface area contributed by atoms with Crippen LogP contribution >= 0.6 is 20.0 Å². The molecule has 1 aliphatic heterocycles. The predicted molar refractivity (Wildman–Crippen MR) is 135 cm³/mol. The van der Waals surface area contributed by atoms with Gasteiger partial charge in [-0.3, -0.25) is 18.9 Å². The monoisotopic (exact) mass is 552 g/mol. The molecule has 0 saturated carbocycles. The Morgan fingerprint density at radius 3 is 2.65 bits per heavy atom. The summed E-state index contributed by atoms with van der Waals surface area (Å²) in [6, 6.07) is 5.94. The molecule has 1 saturated heterocycles. The third-order valence-electron chi connectivity index (χ3n) is 5.34. The third kappa shape index (κ3) is 7.13. The lowest BCUT2D eigenvalue weighted by Gasteiger charge is -2.24. The summed E-state index contributed by atoms with van der Waals surface area (Å²) in [4.78, 5) is 30.7. The number of rotatable bonds is 10. The van der Waals surface area contributed by atoms with Crippen molar-refractivity contribution in [3.63, 3.8) is 0 Å². The number of ether oxygens (including phenoxy) is 2. The summed E-state index contributed by atoms with van der Waals surface area (Å²) in [5.41, 5.74) is -0.0383. The molecule has 0 bridgehead atoms. The molecule has 37 heavy (non-hydrogen) atoms. The van der Waals surface area contributed by atoms with Crippen LogP contribution in [-0.2, 0) is 23.4 Å². The van der Waals surface area contributed by atoms with Gasteiger partial charge in [0.25, 0.3) is 6.04 Å². The van der Waals surface area contributed by atoms with Gasteiger partial charge in [-0.25, -0.2) is 15.9 Å². The molecule has 14 heteroatoms. The second kappa shape index (κ2) is 12.1. The highest BCUT2D eigenvalue weighted by Crippen LogP contribution is 2.46. The summed E-state index contributed by atoms with van der Waals surface area (Å²) >= 11 is 5.07. The van der Waals surface area contributed by atoms with E-state index in [1.807, 2.05) is 0 Å². The zero-order valence-electron chi connectivity index (χ0n) is 20.7. The van der Waals surface area contributed by atoms with E-state index in [0.29, 0.717) is 5.56 Å². The van der Waals surface area contributed by atoms with E-state index in [4.69, 9.17) is 37.3 Å². The Morgan fingerprint density at radius 2 is 2.03 bits per heavy atom. The fourth-order valence-corrected chi connectivity index (χ4v) is 5.16. The van der Waals surface area contributed by atoms with Crippen molar-refractivity contribution in [1.82, 2.24) is 14.6 Å². The Kier molecular flexibility index (Phi) is 9.41. The van der Waals surface area contributed by atoms with E-state index >= 15 is 0 Å². The lowest BCUT2D eigenvalue weighted by atomic mass is 10.1. The van der Waals surface area contributed by atoms with Crippen molar-refractivity contribution in [1.29, 1.82) is 0 Å². The van der Waals surface area contributed by atoms with Gasteiger partial charge in [0.05, 0.1) is 12.7 Å². The van der Waals surface area contributed by atoms with Crippen molar-refractivity contribution in [2.24, 2.45) is 0 Å². The Balaban J connectivity index is 1.81. The van der Waals surface area contributed by atoms with Crippen LogP contribution in [0.25, 0.3) is 4.85 Å². The molecular formula is C23H29N4O8PS. The summed E-state index contributed by atoms with van der Waals surface area (Å²) < 4.78 is 37.2. The van der Waals surface area contributed by atoms with E-state index in [1.165, 1.54) is 13.1 Å². The van der Waals surface area contributed by atoms with Crippen molar-refractivity contribution in [3.8, 4) is 5.75 Å². The number of aliphatic hydroxyl groups excluding tert-OH is 1. The maximum absolute atomic E-state index is 13.7. The average Bonchev–Trinajstić information content (AvgIpc) is 3.15. The van der Waals surface area contributed by atoms with Gasteiger partial charge in [-0.15, -0.1) is 0 Å². The zero-order valence-corrected chi connectivity index (χ0v) is 22.4. The average molecular weight is 553 g/mol. The van der Waals surface area contributed by atoms with Crippen LogP contribution in [0, 0.1) is 18.1 Å². The fraction of sp³-hybridized carbons (Fsp3) is 0.478. The Hall–Kier alpha value is -2.85. The number of carbonyl (C=O) groups is 1. The molecule has 0 aliphatic carbocycles. The SMILES string of the molecule is [C-]#[N+][C@@H]1C(O)[C@H](COP(=O)(N[C@@H](C)C(=O)OC(C)C)Oc2ccccc2)O[C@@H]1n1cc(C)c(=S)[nH]c1=O. The van der Waals surface area contributed by atoms with Gasteiger partial charge < -0.3 is 23.9 Å². The number of aryl methyl sites for hydroxylation is 1. The molecule has 3 rings (SSSR count). The Labute approximate surface area is 218 Å². The largest absolute Gasteiger partial charge is 0.462 e. The summed E-state index contributed by atoms with van der Waals surface area (Å²) in [5.74, 6) is -0.467. The van der Waals surface area contributed by atoms with Crippen molar-refractivity contribution in [2.75, 3.05) is 6.61 Å². The molecule has 6 atom stereocenters. The minimum absolute atomic E-state index is 0.203. The molecule has 12 nitrogen and oxygen atoms in total. The number of benzene rings is 1. The minimum Gasteiger partial charge on any atom is -0.462 e. The molecule has 1 aromatic heterocycles. The number of aromatic amines is 1. The number of nitrogens with one attached hydrogen (secondary N) is 2. The van der Waals surface area contributed by atoms with Crippen LogP contribution in [0.1, 0.15) is 32.6 Å². The van der Waals surface area contributed by atoms with E-state index in [2.05, 4.69) is 14.9 Å². The van der Waals surface area contributed by atoms with Crippen LogP contribution in [-0.4, -0.2) is 57.6 Å². The molecule has 2 heterocycles. The number of hydrogen-bond donors (Lipinski definition) is 3. The highest BCUT2D eigenvalue weighted by Gasteiger charge is 2.51. The van der Waals surface area contributed by atoms with Gasteiger partial charge in [-0.1, -0.05) is 30.4 Å². The molecule has 3 N–H and O–H groups in total. The van der Waals surface area contributed by atoms with Crippen LogP contribution in [0.2, 0.25) is 0 Å². The van der Waals surface area contributed by atoms with Gasteiger partial charge in [-0.2, -0.15) is 5.09 Å². The first-order valence-electron chi connectivity index (χ1n) is 11.4. The van der Waals surface area contributed by atoms with Crippen LogP contribution in [0.5, 0.6) is 5.75 Å². The highest BCUT2D eigenvalue weighted by atomic mass is 32.1. The smallest absolute Gasteiger partial charge is 0.459 e. The molecule has 0 radical (unpaired) electrons. The molecule has 0 spiro atoms. The topological polar surface area (TPSA) is 145 Å². The maximum Gasteiger partial charge on any atom is 0.459 e. The van der Waals surface area contributed by atoms with Gasteiger partial charge in [0.1, 0.15) is 22.5 Å². The first-order valence-corrected chi connectivity index (χ1v) is 13.4. The number of nitrogens with zero attached hydrogens (tertiary/aromatic N) is 2. The zero-order chi connectivity index (χ0) is 27.3. The van der Waals surface area contributed by atoms with Gasteiger partial charge in [-0.05, 0) is 39.8 Å². The number of hydrogen-bond acceptors (Lipinski definition) is 9. The number of para-hydroxylation sites is 1. The van der Waals surface area contributed by atoms with E-state index in [1.54, 1.807) is 51.1 Å². The maximum atomic E-state index is 13.7. The van der Waals surface area contributed by atoms with Crippen LogP contribution in [0.4, 0.5) is 0 Å². The normalized spacial score (nSPS) is 23.7. The molecular weight excluding hydrogens is 523 g/mol. The Morgan fingerprint density at radius 1 is 1.35 bits per heavy atom. The standard InChI is InChI=1S/C23H29N4O8PS/c1-13(2)33-22(29)15(4)26-36(31,35-16-9-7-6-8-10-16)32-12-17-19(28)18(24-5)21(34-17)27-11-14(3)20(37)25-23(27)30/h6-11,13,15,17-19,21,28H,12H2,1-4H3,(H,26,31)(H,25,30,37)/t15-,17-,18+,19?,21-,36?/m0/s1. The summed E-state index contributed by atoms with van der Waals surface area (Å²) in [6.45, 7) is 13.5. The lowest BCUT2D eigenvalue weighted by Crippen LogP contribution is -2.37. The molecule has 2 unspecified atom stereocenters. The first kappa shape index (κ1) is 28.7. The van der Waals surface area contributed by atoms with Crippen LogP contribution < -0.4 is 15.3 Å². The number of H-pyrrole nitrogens is 1. The number of aromatic nitrogens is 2. The van der Waals surface area contributed by atoms with Crippen molar-refractivity contribution < 1.29 is 33.0 Å². The van der Waals surface area contributed by atoms with Crippen molar-refractivity contribution >= 4 is 25.9 Å². The lowest BCUT2D eigenvalue weighted by molar-refractivity contribution is -0.149. The molecule has 0 amide bonds. The molecule has 1 fully saturated rings. The fourth-order valence-electron chi connectivity index (χ4n) is 3.52. The Bertz CT molecular complexity index is 1310. The third-order valence-corrected chi connectivity index (χ3v) is 7.41. The van der Waals surface area contributed by atoms with E-state index in [0.717, 1.165) is 4.57 Å². The summed E-state index contributed by atoms with van der Waals surface area (Å²) in [7, 11) is -4.23. The summed E-state index contributed by atoms with van der Waals surface area (Å²) in [6.07, 6.45) is -2.64. The number of aliphatic hydroxyl groups is 1. The van der Waals surface area contributed by atoms with Gasteiger partial charge in [0.2, 0.25) is 6.23 Å². The molecule has 200 valence electrons. The van der Waals surface area contributed by atoms with E-state index < -0.39 is 62.6 Å². The molecule has 1 aromatic carbocycles. The minimum atomic E-state index is -4.23. The summed E-state index contributed by atoms with van der Waals surface area (Å²) in [5, 5.41) is 13.3. The second-order valence-corrected chi connectivity index (χ2v) is 10.8. The van der Waals surface area contributed by atoms with Crippen LogP contribution in [0.15, 0.2) is 41.3 Å². The predicted octanol–water partition coefficient (Wildman–Crippen LogP) is 2.89. The van der Waals surface area contributed by atoms with Gasteiger partial charge >= 0.3 is 19.4 Å². The molecule has 1 aliphatic rings. The number of esters is 1. The van der Waals surface area contributed by atoms with E-state index in [9.17, 15) is 19.3 Å². The quantitative estimate of drug-likeness (QED) is 0.174. The number of carbonyl (C=O) groups excluding carboxylic acids is 1. The van der Waals surface area contributed by atoms with Gasteiger partial charge in [0.15, 0.2) is 6.10 Å². The van der Waals surface area contributed by atoms with Crippen LogP contribution in [0.3, 0.4) is 0 Å². The van der Waals surface area contributed by atoms with Crippen molar-refractivity contribution in [3.05, 3.63) is 68.6 Å². The first-order chi connectivity index (χ1) is 17.4.